The first-order chi connectivity index (χ1) is 13.2. The zero-order valence-corrected chi connectivity index (χ0v) is 14.9. The highest BCUT2D eigenvalue weighted by molar-refractivity contribution is 5.92. The predicted molar refractivity (Wildman–Crippen MR) is 105 cm³/mol. The van der Waals surface area contributed by atoms with Gasteiger partial charge in [0.1, 0.15) is 0 Å². The Morgan fingerprint density at radius 1 is 0.963 bits per heavy atom. The van der Waals surface area contributed by atoms with Gasteiger partial charge in [-0.25, -0.2) is 9.97 Å². The maximum atomic E-state index is 12.3. The van der Waals surface area contributed by atoms with Gasteiger partial charge in [0.05, 0.1) is 6.42 Å². The normalized spacial score (nSPS) is 10.7. The maximum Gasteiger partial charge on any atom is 0.228 e. The average Bonchev–Trinajstić information content (AvgIpc) is 3.31. The Hall–Kier alpha value is -3.67. The van der Waals surface area contributed by atoms with Crippen LogP contribution in [0.5, 0.6) is 0 Å². The number of anilines is 1. The molecule has 1 N–H and O–H groups in total. The van der Waals surface area contributed by atoms with Gasteiger partial charge in [-0.1, -0.05) is 36.4 Å². The lowest BCUT2D eigenvalue weighted by Crippen LogP contribution is -2.14. The maximum absolute atomic E-state index is 12.3. The van der Waals surface area contributed by atoms with Gasteiger partial charge in [-0.3, -0.25) is 9.36 Å². The molecule has 134 valence electrons. The highest BCUT2D eigenvalue weighted by Gasteiger charge is 2.12. The number of amides is 1. The van der Waals surface area contributed by atoms with E-state index >= 15 is 0 Å². The summed E-state index contributed by atoms with van der Waals surface area (Å²) in [5, 5.41) is 2.96. The van der Waals surface area contributed by atoms with E-state index in [-0.39, 0.29) is 5.91 Å². The quantitative estimate of drug-likeness (QED) is 0.595. The Kier molecular flexibility index (Phi) is 4.53. The minimum Gasteiger partial charge on any atom is -0.331 e. The third-order valence-electron chi connectivity index (χ3n) is 4.28. The third-order valence-corrected chi connectivity index (χ3v) is 4.28. The topological polar surface area (TPSA) is 64.7 Å². The fraction of sp³-hybridized carbons (Fsp3) is 0.0952. The summed E-state index contributed by atoms with van der Waals surface area (Å²) in [5.41, 5.74) is 2.63. The number of nitrogens with one attached hydrogen (secondary N) is 1. The number of benzene rings is 2. The molecule has 27 heavy (non-hydrogen) atoms. The van der Waals surface area contributed by atoms with Crippen LogP contribution in [0.1, 0.15) is 5.56 Å². The van der Waals surface area contributed by atoms with E-state index in [1.54, 1.807) is 12.4 Å². The van der Waals surface area contributed by atoms with E-state index in [4.69, 9.17) is 0 Å². The first-order valence-corrected chi connectivity index (χ1v) is 8.66. The summed E-state index contributed by atoms with van der Waals surface area (Å²) in [6, 6.07) is 17.4. The summed E-state index contributed by atoms with van der Waals surface area (Å²) in [4.78, 5) is 21.1. The number of hydrogen-bond acceptors (Lipinski definition) is 3. The van der Waals surface area contributed by atoms with Gasteiger partial charge >= 0.3 is 0 Å². The lowest BCUT2D eigenvalue weighted by atomic mass is 10.1. The molecular formula is C21H19N5O. The second kappa shape index (κ2) is 7.29. The van der Waals surface area contributed by atoms with E-state index in [9.17, 15) is 4.79 Å². The third kappa shape index (κ3) is 3.64. The molecular weight excluding hydrogens is 338 g/mol. The summed E-state index contributed by atoms with van der Waals surface area (Å²) in [6.45, 7) is 0. The van der Waals surface area contributed by atoms with Crippen molar-refractivity contribution in [2.75, 3.05) is 5.32 Å². The predicted octanol–water partition coefficient (Wildman–Crippen LogP) is 3.45. The van der Waals surface area contributed by atoms with Crippen LogP contribution in [0.2, 0.25) is 0 Å². The summed E-state index contributed by atoms with van der Waals surface area (Å²) in [6.07, 6.45) is 7.59. The van der Waals surface area contributed by atoms with Crippen LogP contribution < -0.4 is 5.32 Å². The van der Waals surface area contributed by atoms with Gasteiger partial charge < -0.3 is 9.88 Å². The molecule has 0 saturated heterocycles. The van der Waals surface area contributed by atoms with Gasteiger partial charge in [-0.2, -0.15) is 0 Å². The van der Waals surface area contributed by atoms with Crippen LogP contribution in [0.15, 0.2) is 79.4 Å². The van der Waals surface area contributed by atoms with Gasteiger partial charge in [0, 0.05) is 43.2 Å². The van der Waals surface area contributed by atoms with Gasteiger partial charge in [-0.15, -0.1) is 0 Å². The van der Waals surface area contributed by atoms with E-state index in [2.05, 4.69) is 15.3 Å². The lowest BCUT2D eigenvalue weighted by molar-refractivity contribution is -0.115. The number of hydrogen-bond donors (Lipinski definition) is 1. The Morgan fingerprint density at radius 3 is 2.52 bits per heavy atom. The second-order valence-electron chi connectivity index (χ2n) is 6.24. The van der Waals surface area contributed by atoms with E-state index in [1.165, 1.54) is 0 Å². The zero-order chi connectivity index (χ0) is 18.6. The fourth-order valence-electron chi connectivity index (χ4n) is 2.98. The molecule has 0 radical (unpaired) electrons. The molecule has 0 aliphatic rings. The number of aryl methyl sites for hydroxylation is 1. The van der Waals surface area contributed by atoms with Crippen LogP contribution >= 0.6 is 0 Å². The molecule has 1 amide bonds. The van der Waals surface area contributed by atoms with Crippen LogP contribution in [0.25, 0.3) is 17.3 Å². The summed E-state index contributed by atoms with van der Waals surface area (Å²) in [7, 11) is 1.93. The number of nitrogens with zero attached hydrogens (tertiary/aromatic N) is 4. The van der Waals surface area contributed by atoms with Gasteiger partial charge in [0.15, 0.2) is 11.6 Å². The summed E-state index contributed by atoms with van der Waals surface area (Å²) in [5.74, 6) is 1.47. The molecule has 4 rings (SSSR count). The lowest BCUT2D eigenvalue weighted by Gasteiger charge is -2.11. The Morgan fingerprint density at radius 2 is 1.74 bits per heavy atom. The van der Waals surface area contributed by atoms with Crippen LogP contribution in [-0.2, 0) is 18.3 Å². The average molecular weight is 357 g/mol. The van der Waals surface area contributed by atoms with Crippen LogP contribution in [0.4, 0.5) is 5.69 Å². The summed E-state index contributed by atoms with van der Waals surface area (Å²) < 4.78 is 3.87. The molecule has 0 spiro atoms. The largest absolute Gasteiger partial charge is 0.331 e. The number of rotatable bonds is 5. The number of carbonyl (C=O) groups is 1. The first-order valence-electron chi connectivity index (χ1n) is 8.66. The molecule has 0 unspecified atom stereocenters. The fourth-order valence-corrected chi connectivity index (χ4v) is 2.98. The SMILES string of the molecule is Cn1ccnc1-c1nccn1-c1cccc(NC(=O)Cc2ccccc2)c1. The molecule has 4 aromatic rings. The van der Waals surface area contributed by atoms with E-state index < -0.39 is 0 Å². The van der Waals surface area contributed by atoms with Crippen molar-refractivity contribution in [3.05, 3.63) is 84.9 Å². The Labute approximate surface area is 157 Å². The molecule has 0 aliphatic carbocycles. The van der Waals surface area contributed by atoms with Crippen molar-refractivity contribution in [2.45, 2.75) is 6.42 Å². The first kappa shape index (κ1) is 16.8. The minimum atomic E-state index is -0.0479. The Bertz CT molecular complexity index is 1060. The van der Waals surface area contributed by atoms with Gasteiger partial charge in [0.25, 0.3) is 0 Å². The van der Waals surface area contributed by atoms with Crippen molar-refractivity contribution in [2.24, 2.45) is 7.05 Å². The molecule has 6 nitrogen and oxygen atoms in total. The van der Waals surface area contributed by atoms with Crippen molar-refractivity contribution in [1.82, 2.24) is 19.1 Å². The molecule has 0 fully saturated rings. The molecule has 0 aliphatic heterocycles. The van der Waals surface area contributed by atoms with Gasteiger partial charge in [-0.05, 0) is 23.8 Å². The molecule has 0 saturated carbocycles. The van der Waals surface area contributed by atoms with Crippen LogP contribution in [0, 0.1) is 0 Å². The van der Waals surface area contributed by atoms with Crippen molar-refractivity contribution in [3.63, 3.8) is 0 Å². The molecule has 2 heterocycles. The highest BCUT2D eigenvalue weighted by Crippen LogP contribution is 2.22. The monoisotopic (exact) mass is 357 g/mol. The standard InChI is InChI=1S/C21H19N5O/c1-25-12-10-22-20(25)21-23-11-13-26(21)18-9-5-8-17(15-18)24-19(27)14-16-6-3-2-4-7-16/h2-13,15H,14H2,1H3,(H,24,27). The van der Waals surface area contributed by atoms with E-state index in [1.807, 2.05) is 83.2 Å². The zero-order valence-electron chi connectivity index (χ0n) is 14.9. The van der Waals surface area contributed by atoms with Crippen LogP contribution in [0.3, 0.4) is 0 Å². The van der Waals surface area contributed by atoms with Crippen molar-refractivity contribution < 1.29 is 4.79 Å². The van der Waals surface area contributed by atoms with Crippen molar-refractivity contribution in [1.29, 1.82) is 0 Å². The van der Waals surface area contributed by atoms with E-state index in [0.29, 0.717) is 6.42 Å². The molecule has 2 aromatic carbocycles. The molecule has 6 heteroatoms. The van der Waals surface area contributed by atoms with Gasteiger partial charge in [0.2, 0.25) is 5.91 Å². The minimum absolute atomic E-state index is 0.0479. The number of imidazole rings is 2. The smallest absolute Gasteiger partial charge is 0.228 e. The summed E-state index contributed by atoms with van der Waals surface area (Å²) >= 11 is 0. The number of aromatic nitrogens is 4. The Balaban J connectivity index is 1.56. The molecule has 2 aromatic heterocycles. The van der Waals surface area contributed by atoms with Crippen molar-refractivity contribution in [3.8, 4) is 17.3 Å². The van der Waals surface area contributed by atoms with E-state index in [0.717, 1.165) is 28.6 Å². The highest BCUT2D eigenvalue weighted by atomic mass is 16.1. The van der Waals surface area contributed by atoms with Crippen molar-refractivity contribution >= 4 is 11.6 Å². The van der Waals surface area contributed by atoms with Crippen LogP contribution in [-0.4, -0.2) is 25.0 Å². The number of carbonyl (C=O) groups excluding carboxylic acids is 1. The molecule has 0 atom stereocenters. The second-order valence-corrected chi connectivity index (χ2v) is 6.24. The molecule has 0 bridgehead atoms.